The molecule has 0 fully saturated rings. The average molecular weight is 293 g/mol. The summed E-state index contributed by atoms with van der Waals surface area (Å²) < 4.78 is 2.07. The molecule has 0 aliphatic heterocycles. The molecule has 0 amide bonds. The number of imidazole rings is 1. The standard InChI is InChI=1S/C13H13ClN4S/c1-8(2)12-15-4-5-18(12)7-10-16-11(14)9-3-6-19-13(9)17-10/h3-6,8H,7H2,1-2H3. The number of thiophene rings is 1. The third kappa shape index (κ3) is 2.35. The van der Waals surface area contributed by atoms with Gasteiger partial charge in [0, 0.05) is 23.7 Å². The SMILES string of the molecule is CC(C)c1nccn1Cc1nc(Cl)c2ccsc2n1. The fourth-order valence-corrected chi connectivity index (χ4v) is 3.13. The summed E-state index contributed by atoms with van der Waals surface area (Å²) in [5.41, 5.74) is 0. The zero-order chi connectivity index (χ0) is 13.4. The third-order valence-corrected chi connectivity index (χ3v) is 4.00. The van der Waals surface area contributed by atoms with Crippen LogP contribution in [0.3, 0.4) is 0 Å². The van der Waals surface area contributed by atoms with E-state index >= 15 is 0 Å². The molecule has 0 atom stereocenters. The van der Waals surface area contributed by atoms with Crippen molar-refractivity contribution >= 4 is 33.2 Å². The van der Waals surface area contributed by atoms with Crippen LogP contribution in [0, 0.1) is 0 Å². The average Bonchev–Trinajstić information content (AvgIpc) is 2.97. The van der Waals surface area contributed by atoms with Crippen LogP contribution < -0.4 is 0 Å². The Balaban J connectivity index is 1.98. The second-order valence-corrected chi connectivity index (χ2v) is 5.89. The molecule has 0 unspecified atom stereocenters. The van der Waals surface area contributed by atoms with Crippen LogP contribution in [0.15, 0.2) is 23.8 Å². The minimum Gasteiger partial charge on any atom is -0.327 e. The van der Waals surface area contributed by atoms with E-state index in [2.05, 4.69) is 33.4 Å². The molecule has 19 heavy (non-hydrogen) atoms. The fourth-order valence-electron chi connectivity index (χ4n) is 2.04. The van der Waals surface area contributed by atoms with Crippen LogP contribution in [0.4, 0.5) is 0 Å². The summed E-state index contributed by atoms with van der Waals surface area (Å²) in [4.78, 5) is 14.2. The molecular formula is C13H13ClN4S. The van der Waals surface area contributed by atoms with Crippen LogP contribution in [-0.4, -0.2) is 19.5 Å². The highest BCUT2D eigenvalue weighted by Gasteiger charge is 2.11. The molecule has 0 N–H and O–H groups in total. The molecular weight excluding hydrogens is 280 g/mol. The van der Waals surface area contributed by atoms with Crippen molar-refractivity contribution in [1.29, 1.82) is 0 Å². The lowest BCUT2D eigenvalue weighted by molar-refractivity contribution is 0.651. The lowest BCUT2D eigenvalue weighted by atomic mass is 10.2. The number of fused-ring (bicyclic) bond motifs is 1. The summed E-state index contributed by atoms with van der Waals surface area (Å²) in [6.45, 7) is 4.84. The van der Waals surface area contributed by atoms with E-state index in [1.165, 1.54) is 0 Å². The van der Waals surface area contributed by atoms with Gasteiger partial charge in [0.05, 0.1) is 6.54 Å². The molecule has 0 radical (unpaired) electrons. The Morgan fingerprint density at radius 3 is 3.00 bits per heavy atom. The van der Waals surface area contributed by atoms with Gasteiger partial charge in [-0.3, -0.25) is 0 Å². The van der Waals surface area contributed by atoms with Crippen molar-refractivity contribution in [3.8, 4) is 0 Å². The van der Waals surface area contributed by atoms with Crippen LogP contribution >= 0.6 is 22.9 Å². The monoisotopic (exact) mass is 292 g/mol. The summed E-state index contributed by atoms with van der Waals surface area (Å²) in [5.74, 6) is 2.13. The van der Waals surface area contributed by atoms with E-state index in [0.717, 1.165) is 21.9 Å². The van der Waals surface area contributed by atoms with Gasteiger partial charge in [0.15, 0.2) is 5.82 Å². The van der Waals surface area contributed by atoms with Crippen LogP contribution in [0.1, 0.15) is 31.4 Å². The maximum absolute atomic E-state index is 6.18. The highest BCUT2D eigenvalue weighted by molar-refractivity contribution is 7.16. The molecule has 4 nitrogen and oxygen atoms in total. The summed E-state index contributed by atoms with van der Waals surface area (Å²) >= 11 is 7.76. The number of hydrogen-bond donors (Lipinski definition) is 0. The van der Waals surface area contributed by atoms with E-state index in [1.807, 2.05) is 17.6 Å². The number of hydrogen-bond acceptors (Lipinski definition) is 4. The maximum atomic E-state index is 6.18. The molecule has 0 aliphatic rings. The molecule has 6 heteroatoms. The molecule has 3 rings (SSSR count). The zero-order valence-electron chi connectivity index (χ0n) is 10.7. The van der Waals surface area contributed by atoms with Crippen LogP contribution in [0.2, 0.25) is 5.15 Å². The Bertz CT molecular complexity index is 716. The first-order chi connectivity index (χ1) is 9.15. The van der Waals surface area contributed by atoms with Crippen LogP contribution in [-0.2, 0) is 6.54 Å². The Kier molecular flexibility index (Phi) is 3.24. The van der Waals surface area contributed by atoms with E-state index in [-0.39, 0.29) is 0 Å². The van der Waals surface area contributed by atoms with Gasteiger partial charge in [-0.15, -0.1) is 11.3 Å². The molecule has 0 saturated carbocycles. The fraction of sp³-hybridized carbons (Fsp3) is 0.308. The molecule has 0 saturated heterocycles. The van der Waals surface area contributed by atoms with E-state index in [9.17, 15) is 0 Å². The largest absolute Gasteiger partial charge is 0.327 e. The minimum absolute atomic E-state index is 0.371. The second-order valence-electron chi connectivity index (χ2n) is 4.64. The van der Waals surface area contributed by atoms with Gasteiger partial charge in [0.25, 0.3) is 0 Å². The highest BCUT2D eigenvalue weighted by atomic mass is 35.5. The normalized spacial score (nSPS) is 11.6. The Hall–Kier alpha value is -1.46. The number of rotatable bonds is 3. The van der Waals surface area contributed by atoms with Gasteiger partial charge in [-0.2, -0.15) is 0 Å². The van der Waals surface area contributed by atoms with Crippen molar-refractivity contribution in [1.82, 2.24) is 19.5 Å². The maximum Gasteiger partial charge on any atom is 0.151 e. The zero-order valence-corrected chi connectivity index (χ0v) is 12.2. The number of halogens is 1. The van der Waals surface area contributed by atoms with Gasteiger partial charge in [0.1, 0.15) is 15.8 Å². The molecule has 3 aromatic heterocycles. The Labute approximate surface area is 120 Å². The van der Waals surface area contributed by atoms with Crippen molar-refractivity contribution < 1.29 is 0 Å². The van der Waals surface area contributed by atoms with Crippen molar-refractivity contribution in [2.75, 3.05) is 0 Å². The van der Waals surface area contributed by atoms with Crippen molar-refractivity contribution in [2.24, 2.45) is 0 Å². The molecule has 0 spiro atoms. The van der Waals surface area contributed by atoms with Gasteiger partial charge >= 0.3 is 0 Å². The van der Waals surface area contributed by atoms with Crippen LogP contribution in [0.25, 0.3) is 10.2 Å². The van der Waals surface area contributed by atoms with Gasteiger partial charge in [-0.05, 0) is 11.4 Å². The first kappa shape index (κ1) is 12.6. The second kappa shape index (κ2) is 4.90. The summed E-state index contributed by atoms with van der Waals surface area (Å²) in [7, 11) is 0. The molecule has 3 aromatic rings. The van der Waals surface area contributed by atoms with E-state index in [0.29, 0.717) is 17.6 Å². The molecule has 98 valence electrons. The van der Waals surface area contributed by atoms with E-state index < -0.39 is 0 Å². The predicted octanol–water partition coefficient (Wildman–Crippen LogP) is 3.71. The first-order valence-electron chi connectivity index (χ1n) is 6.06. The summed E-state index contributed by atoms with van der Waals surface area (Å²) in [5, 5.41) is 3.42. The molecule has 3 heterocycles. The van der Waals surface area contributed by atoms with Crippen LogP contribution in [0.5, 0.6) is 0 Å². The number of nitrogens with zero attached hydrogens (tertiary/aromatic N) is 4. The highest BCUT2D eigenvalue weighted by Crippen LogP contribution is 2.25. The van der Waals surface area contributed by atoms with Gasteiger partial charge in [-0.25, -0.2) is 15.0 Å². The lowest BCUT2D eigenvalue weighted by Crippen LogP contribution is -2.08. The predicted molar refractivity (Wildman–Crippen MR) is 77.8 cm³/mol. The summed E-state index contributed by atoms with van der Waals surface area (Å²) in [6.07, 6.45) is 3.76. The molecule has 0 bridgehead atoms. The van der Waals surface area contributed by atoms with Gasteiger partial charge < -0.3 is 4.57 Å². The topological polar surface area (TPSA) is 43.6 Å². The lowest BCUT2D eigenvalue weighted by Gasteiger charge is -2.09. The first-order valence-corrected chi connectivity index (χ1v) is 7.31. The minimum atomic E-state index is 0.371. The van der Waals surface area contributed by atoms with Crippen molar-refractivity contribution in [3.05, 3.63) is 40.6 Å². The van der Waals surface area contributed by atoms with E-state index in [1.54, 1.807) is 17.5 Å². The Morgan fingerprint density at radius 1 is 1.37 bits per heavy atom. The van der Waals surface area contributed by atoms with E-state index in [4.69, 9.17) is 11.6 Å². The van der Waals surface area contributed by atoms with Crippen molar-refractivity contribution in [3.63, 3.8) is 0 Å². The Morgan fingerprint density at radius 2 is 2.21 bits per heavy atom. The number of aromatic nitrogens is 4. The quantitative estimate of drug-likeness (QED) is 0.691. The van der Waals surface area contributed by atoms with Gasteiger partial charge in [-0.1, -0.05) is 25.4 Å². The smallest absolute Gasteiger partial charge is 0.151 e. The third-order valence-electron chi connectivity index (χ3n) is 2.90. The summed E-state index contributed by atoms with van der Waals surface area (Å²) in [6, 6.07) is 1.95. The molecule has 0 aliphatic carbocycles. The van der Waals surface area contributed by atoms with Crippen molar-refractivity contribution in [2.45, 2.75) is 26.3 Å². The van der Waals surface area contributed by atoms with Gasteiger partial charge in [0.2, 0.25) is 0 Å². The molecule has 0 aromatic carbocycles.